The lowest BCUT2D eigenvalue weighted by atomic mass is 9.85. The number of hydrogen-bond acceptors (Lipinski definition) is 3. The molecule has 1 aliphatic carbocycles. The fraction of sp³-hybridized carbons (Fsp3) is 0.462. The lowest BCUT2D eigenvalue weighted by molar-refractivity contribution is 0.318. The van der Waals surface area contributed by atoms with Gasteiger partial charge in [0.25, 0.3) is 0 Å². The summed E-state index contributed by atoms with van der Waals surface area (Å²) >= 11 is 6.13. The predicted molar refractivity (Wildman–Crippen MR) is 74.6 cm³/mol. The molecule has 0 radical (unpaired) electrons. The molecule has 0 heterocycles. The normalized spacial score (nSPS) is 16.4. The number of hydrogen-bond donors (Lipinski definition) is 2. The van der Waals surface area contributed by atoms with Crippen molar-refractivity contribution in [3.63, 3.8) is 0 Å². The summed E-state index contributed by atoms with van der Waals surface area (Å²) < 4.78 is 0. The topological polar surface area (TPSA) is 61.8 Å². The van der Waals surface area contributed by atoms with Gasteiger partial charge in [0, 0.05) is 19.3 Å². The van der Waals surface area contributed by atoms with Gasteiger partial charge >= 0.3 is 0 Å². The van der Waals surface area contributed by atoms with Crippen molar-refractivity contribution >= 4 is 23.1 Å². The van der Waals surface area contributed by atoms with Crippen molar-refractivity contribution in [1.82, 2.24) is 0 Å². The van der Waals surface area contributed by atoms with E-state index in [0.29, 0.717) is 10.6 Å². The van der Waals surface area contributed by atoms with Gasteiger partial charge in [-0.15, -0.1) is 0 Å². The van der Waals surface area contributed by atoms with Gasteiger partial charge in [0.2, 0.25) is 0 Å². The molecule has 0 aromatic heterocycles. The van der Waals surface area contributed by atoms with Crippen LogP contribution in [0.15, 0.2) is 23.4 Å². The van der Waals surface area contributed by atoms with Crippen LogP contribution in [0.25, 0.3) is 0 Å². The van der Waals surface area contributed by atoms with Crippen LogP contribution in [-0.4, -0.2) is 24.6 Å². The standard InChI is InChI=1S/C13H18ClN3O/c1-17(8-9-4-2-5-9)11-7-3-6-10(14)12(11)13(15)16-18/h3,6-7,9,18H,2,4-5,8H2,1H3,(H2,15,16). The molecule has 0 amide bonds. The quantitative estimate of drug-likeness (QED) is 0.382. The Bertz CT molecular complexity index is 458. The minimum Gasteiger partial charge on any atom is -0.409 e. The van der Waals surface area contributed by atoms with E-state index in [4.69, 9.17) is 22.5 Å². The van der Waals surface area contributed by atoms with E-state index in [1.54, 1.807) is 6.07 Å². The highest BCUT2D eigenvalue weighted by Crippen LogP contribution is 2.31. The van der Waals surface area contributed by atoms with Crippen LogP contribution < -0.4 is 10.6 Å². The SMILES string of the molecule is CN(CC1CCC1)c1cccc(Cl)c1C(N)=NO. The summed E-state index contributed by atoms with van der Waals surface area (Å²) in [7, 11) is 2.01. The van der Waals surface area contributed by atoms with Crippen LogP contribution in [0.3, 0.4) is 0 Å². The Kier molecular flexibility index (Phi) is 3.97. The van der Waals surface area contributed by atoms with Gasteiger partial charge in [0.1, 0.15) is 0 Å². The number of nitrogens with two attached hydrogens (primary N) is 1. The van der Waals surface area contributed by atoms with Crippen LogP contribution in [-0.2, 0) is 0 Å². The van der Waals surface area contributed by atoms with E-state index in [9.17, 15) is 0 Å². The van der Waals surface area contributed by atoms with E-state index < -0.39 is 0 Å². The molecule has 0 aliphatic heterocycles. The minimum absolute atomic E-state index is 0.0519. The number of nitrogens with zero attached hydrogens (tertiary/aromatic N) is 2. The number of oxime groups is 1. The first kappa shape index (κ1) is 13.0. The van der Waals surface area contributed by atoms with Crippen LogP contribution in [0.1, 0.15) is 24.8 Å². The van der Waals surface area contributed by atoms with Gasteiger partial charge in [-0.2, -0.15) is 0 Å². The van der Waals surface area contributed by atoms with Gasteiger partial charge in [-0.05, 0) is 30.9 Å². The second-order valence-electron chi connectivity index (χ2n) is 4.80. The van der Waals surface area contributed by atoms with E-state index in [0.717, 1.165) is 18.2 Å². The zero-order chi connectivity index (χ0) is 13.1. The summed E-state index contributed by atoms with van der Waals surface area (Å²) in [5.41, 5.74) is 7.21. The van der Waals surface area contributed by atoms with E-state index in [-0.39, 0.29) is 5.84 Å². The number of amidine groups is 1. The molecule has 1 fully saturated rings. The van der Waals surface area contributed by atoms with Crippen molar-refractivity contribution < 1.29 is 5.21 Å². The lowest BCUT2D eigenvalue weighted by Crippen LogP contribution is -2.31. The molecule has 1 aliphatic rings. The largest absolute Gasteiger partial charge is 0.409 e. The monoisotopic (exact) mass is 267 g/mol. The fourth-order valence-electron chi connectivity index (χ4n) is 2.30. The second-order valence-corrected chi connectivity index (χ2v) is 5.20. The first-order valence-corrected chi connectivity index (χ1v) is 6.49. The molecular weight excluding hydrogens is 250 g/mol. The zero-order valence-electron chi connectivity index (χ0n) is 10.4. The van der Waals surface area contributed by atoms with Gasteiger partial charge in [0.05, 0.1) is 10.6 Å². The van der Waals surface area contributed by atoms with Gasteiger partial charge in [-0.1, -0.05) is 29.2 Å². The second kappa shape index (κ2) is 5.48. The third-order valence-electron chi connectivity index (χ3n) is 3.52. The molecule has 1 aromatic carbocycles. The van der Waals surface area contributed by atoms with Gasteiger partial charge < -0.3 is 15.8 Å². The van der Waals surface area contributed by atoms with Crippen molar-refractivity contribution in [2.24, 2.45) is 16.8 Å². The Hall–Kier alpha value is -1.42. The van der Waals surface area contributed by atoms with Crippen LogP contribution in [0.2, 0.25) is 5.02 Å². The molecule has 0 atom stereocenters. The van der Waals surface area contributed by atoms with Gasteiger partial charge in [0.15, 0.2) is 5.84 Å². The number of benzene rings is 1. The Morgan fingerprint density at radius 2 is 2.28 bits per heavy atom. The number of anilines is 1. The maximum atomic E-state index is 8.84. The molecule has 0 unspecified atom stereocenters. The highest BCUT2D eigenvalue weighted by Gasteiger charge is 2.21. The lowest BCUT2D eigenvalue weighted by Gasteiger charge is -2.32. The maximum Gasteiger partial charge on any atom is 0.173 e. The highest BCUT2D eigenvalue weighted by molar-refractivity contribution is 6.34. The molecule has 0 spiro atoms. The molecule has 0 saturated heterocycles. The van der Waals surface area contributed by atoms with Crippen LogP contribution in [0, 0.1) is 5.92 Å². The van der Waals surface area contributed by atoms with E-state index in [1.165, 1.54) is 19.3 Å². The van der Waals surface area contributed by atoms with Gasteiger partial charge in [-0.3, -0.25) is 0 Å². The molecule has 2 rings (SSSR count). The Balaban J connectivity index is 2.27. The molecule has 5 heteroatoms. The summed E-state index contributed by atoms with van der Waals surface area (Å²) in [6.07, 6.45) is 3.88. The molecule has 3 N–H and O–H groups in total. The van der Waals surface area contributed by atoms with Crippen molar-refractivity contribution in [3.8, 4) is 0 Å². The van der Waals surface area contributed by atoms with E-state index >= 15 is 0 Å². The average molecular weight is 268 g/mol. The molecular formula is C13H18ClN3O. The van der Waals surface area contributed by atoms with E-state index in [2.05, 4.69) is 10.1 Å². The molecule has 1 aromatic rings. The van der Waals surface area contributed by atoms with Gasteiger partial charge in [-0.25, -0.2) is 0 Å². The first-order chi connectivity index (χ1) is 8.63. The van der Waals surface area contributed by atoms with Crippen molar-refractivity contribution in [3.05, 3.63) is 28.8 Å². The predicted octanol–water partition coefficient (Wildman–Crippen LogP) is 2.67. The Labute approximate surface area is 112 Å². The fourth-order valence-corrected chi connectivity index (χ4v) is 2.56. The summed E-state index contributed by atoms with van der Waals surface area (Å²) in [5, 5.41) is 12.4. The average Bonchev–Trinajstić information content (AvgIpc) is 2.32. The summed E-state index contributed by atoms with van der Waals surface area (Å²) in [4.78, 5) is 2.13. The Morgan fingerprint density at radius 3 is 2.83 bits per heavy atom. The third kappa shape index (κ3) is 2.53. The molecule has 4 nitrogen and oxygen atoms in total. The van der Waals surface area contributed by atoms with Crippen molar-refractivity contribution in [2.75, 3.05) is 18.5 Å². The molecule has 0 bridgehead atoms. The summed E-state index contributed by atoms with van der Waals surface area (Å²) in [5.74, 6) is 0.796. The van der Waals surface area contributed by atoms with E-state index in [1.807, 2.05) is 19.2 Å². The summed E-state index contributed by atoms with van der Waals surface area (Å²) in [6, 6.07) is 5.57. The van der Waals surface area contributed by atoms with Crippen LogP contribution in [0.4, 0.5) is 5.69 Å². The van der Waals surface area contributed by atoms with Crippen molar-refractivity contribution in [1.29, 1.82) is 0 Å². The maximum absolute atomic E-state index is 8.84. The molecule has 98 valence electrons. The number of rotatable bonds is 4. The smallest absolute Gasteiger partial charge is 0.173 e. The van der Waals surface area contributed by atoms with Crippen molar-refractivity contribution in [2.45, 2.75) is 19.3 Å². The first-order valence-electron chi connectivity index (χ1n) is 6.11. The summed E-state index contributed by atoms with van der Waals surface area (Å²) in [6.45, 7) is 0.978. The zero-order valence-corrected chi connectivity index (χ0v) is 11.2. The Morgan fingerprint density at radius 1 is 1.56 bits per heavy atom. The van der Waals surface area contributed by atoms with Crippen LogP contribution >= 0.6 is 11.6 Å². The molecule has 18 heavy (non-hydrogen) atoms. The number of halogens is 1. The van der Waals surface area contributed by atoms with Crippen LogP contribution in [0.5, 0.6) is 0 Å². The molecule has 1 saturated carbocycles. The third-order valence-corrected chi connectivity index (χ3v) is 3.84. The minimum atomic E-state index is 0.0519. The highest BCUT2D eigenvalue weighted by atomic mass is 35.5.